The number of hydrogen-bond donors (Lipinski definition) is 1. The molecule has 29 heavy (non-hydrogen) atoms. The Morgan fingerprint density at radius 3 is 2.59 bits per heavy atom. The lowest BCUT2D eigenvalue weighted by molar-refractivity contribution is 0.0876. The van der Waals surface area contributed by atoms with Gasteiger partial charge in [0.15, 0.2) is 0 Å². The van der Waals surface area contributed by atoms with Gasteiger partial charge in [0.05, 0.1) is 0 Å². The molecule has 1 unspecified atom stereocenters. The van der Waals surface area contributed by atoms with E-state index in [0.717, 1.165) is 63.7 Å². The summed E-state index contributed by atoms with van der Waals surface area (Å²) in [5.41, 5.74) is 6.40. The number of nitrogens with one attached hydrogen (secondary N) is 1. The molecule has 0 spiro atoms. The molecule has 4 heteroatoms. The van der Waals surface area contributed by atoms with Crippen molar-refractivity contribution in [3.05, 3.63) is 64.7 Å². The number of carbonyl (C=O) groups is 1. The van der Waals surface area contributed by atoms with Crippen molar-refractivity contribution in [1.82, 2.24) is 10.2 Å². The van der Waals surface area contributed by atoms with Crippen LogP contribution in [0.15, 0.2) is 42.5 Å². The Kier molecular flexibility index (Phi) is 5.04. The van der Waals surface area contributed by atoms with Crippen LogP contribution < -0.4 is 10.2 Å². The topological polar surface area (TPSA) is 35.6 Å². The van der Waals surface area contributed by atoms with E-state index in [0.29, 0.717) is 6.04 Å². The number of amides is 1. The summed E-state index contributed by atoms with van der Waals surface area (Å²) in [6.45, 7) is 3.22. The lowest BCUT2D eigenvalue weighted by atomic mass is 9.98. The maximum Gasteiger partial charge on any atom is 0.251 e. The first-order valence-electron chi connectivity index (χ1n) is 11.1. The van der Waals surface area contributed by atoms with Crippen LogP contribution in [0.1, 0.15) is 46.3 Å². The number of fused-ring (bicyclic) bond motifs is 2. The molecular formula is C25H31N3O. The van der Waals surface area contributed by atoms with Gasteiger partial charge in [-0.05, 0) is 80.0 Å². The summed E-state index contributed by atoms with van der Waals surface area (Å²) in [6, 6.07) is 15.9. The molecule has 1 aliphatic carbocycles. The predicted octanol–water partition coefficient (Wildman–Crippen LogP) is 3.43. The highest BCUT2D eigenvalue weighted by molar-refractivity contribution is 5.95. The highest BCUT2D eigenvalue weighted by Gasteiger charge is 2.31. The van der Waals surface area contributed by atoms with E-state index in [-0.39, 0.29) is 11.9 Å². The number of likely N-dealkylation sites (tertiary alicyclic amines) is 1. The third-order valence-corrected chi connectivity index (χ3v) is 7.03. The van der Waals surface area contributed by atoms with Crippen molar-refractivity contribution in [3.8, 4) is 0 Å². The summed E-state index contributed by atoms with van der Waals surface area (Å²) >= 11 is 0. The van der Waals surface area contributed by atoms with Crippen LogP contribution in [0.2, 0.25) is 0 Å². The summed E-state index contributed by atoms with van der Waals surface area (Å²) in [6.07, 6.45) is 6.77. The third-order valence-electron chi connectivity index (χ3n) is 7.03. The van der Waals surface area contributed by atoms with E-state index in [9.17, 15) is 4.79 Å². The smallest absolute Gasteiger partial charge is 0.251 e. The molecule has 3 aliphatic rings. The number of nitrogens with zero attached hydrogens (tertiary/aromatic N) is 2. The molecule has 1 N–H and O–H groups in total. The van der Waals surface area contributed by atoms with E-state index < -0.39 is 0 Å². The van der Waals surface area contributed by atoms with Crippen molar-refractivity contribution in [3.63, 3.8) is 0 Å². The standard InChI is InChI=1S/C25H31N3O/c1-27-12-4-8-20-14-21(10-11-24(20)27)25(29)26-22-9-5-13-28(17-22)23-15-18-6-2-3-7-19(18)16-23/h2-3,6-7,10-11,14,22-23H,4-5,8-9,12-13,15-17H2,1H3,(H,26,29). The minimum absolute atomic E-state index is 0.0857. The van der Waals surface area contributed by atoms with E-state index in [1.165, 1.54) is 22.4 Å². The Morgan fingerprint density at radius 2 is 1.79 bits per heavy atom. The quantitative estimate of drug-likeness (QED) is 0.874. The van der Waals surface area contributed by atoms with Gasteiger partial charge in [0.25, 0.3) is 5.91 Å². The van der Waals surface area contributed by atoms with Gasteiger partial charge in [0.1, 0.15) is 0 Å². The van der Waals surface area contributed by atoms with Crippen LogP contribution in [0.4, 0.5) is 5.69 Å². The summed E-state index contributed by atoms with van der Waals surface area (Å²) in [7, 11) is 2.13. The van der Waals surface area contributed by atoms with E-state index in [2.05, 4.69) is 58.6 Å². The van der Waals surface area contributed by atoms with Gasteiger partial charge in [-0.2, -0.15) is 0 Å². The number of hydrogen-bond acceptors (Lipinski definition) is 3. The molecule has 5 rings (SSSR count). The van der Waals surface area contributed by atoms with E-state index in [1.54, 1.807) is 0 Å². The Bertz CT molecular complexity index is 884. The molecule has 1 amide bonds. The lowest BCUT2D eigenvalue weighted by Gasteiger charge is -2.37. The fourth-order valence-electron chi connectivity index (χ4n) is 5.44. The Balaban J connectivity index is 1.22. The minimum Gasteiger partial charge on any atom is -0.374 e. The van der Waals surface area contributed by atoms with Gasteiger partial charge in [-0.15, -0.1) is 0 Å². The fourth-order valence-corrected chi connectivity index (χ4v) is 5.44. The second-order valence-electron chi connectivity index (χ2n) is 9.01. The van der Waals surface area contributed by atoms with Gasteiger partial charge in [-0.1, -0.05) is 24.3 Å². The summed E-state index contributed by atoms with van der Waals surface area (Å²) < 4.78 is 0. The largest absolute Gasteiger partial charge is 0.374 e. The summed E-state index contributed by atoms with van der Waals surface area (Å²) in [5, 5.41) is 3.33. The molecule has 0 saturated carbocycles. The van der Waals surface area contributed by atoms with Crippen LogP contribution in [0.5, 0.6) is 0 Å². The highest BCUT2D eigenvalue weighted by Crippen LogP contribution is 2.28. The number of benzene rings is 2. The fraction of sp³-hybridized carbons (Fsp3) is 0.480. The van der Waals surface area contributed by atoms with Crippen molar-refractivity contribution in [2.45, 2.75) is 50.6 Å². The molecule has 2 heterocycles. The van der Waals surface area contributed by atoms with Gasteiger partial charge in [0.2, 0.25) is 0 Å². The van der Waals surface area contributed by atoms with E-state index in [1.807, 2.05) is 6.07 Å². The van der Waals surface area contributed by atoms with Crippen LogP contribution in [-0.2, 0) is 19.3 Å². The molecule has 2 aromatic carbocycles. The van der Waals surface area contributed by atoms with Gasteiger partial charge in [-0.3, -0.25) is 9.69 Å². The molecule has 0 aromatic heterocycles. The zero-order chi connectivity index (χ0) is 19.8. The van der Waals surface area contributed by atoms with Crippen LogP contribution in [0.3, 0.4) is 0 Å². The van der Waals surface area contributed by atoms with E-state index in [4.69, 9.17) is 0 Å². The van der Waals surface area contributed by atoms with Crippen LogP contribution >= 0.6 is 0 Å². The maximum atomic E-state index is 12.9. The summed E-state index contributed by atoms with van der Waals surface area (Å²) in [5.74, 6) is 0.0857. The number of anilines is 1. The zero-order valence-electron chi connectivity index (χ0n) is 17.4. The molecule has 0 bridgehead atoms. The lowest BCUT2D eigenvalue weighted by Crippen LogP contribution is -2.51. The molecule has 2 aromatic rings. The Hall–Kier alpha value is -2.33. The number of aryl methyl sites for hydroxylation is 1. The van der Waals surface area contributed by atoms with Crippen LogP contribution in [0, 0.1) is 0 Å². The first kappa shape index (κ1) is 18.7. The monoisotopic (exact) mass is 389 g/mol. The predicted molar refractivity (Wildman–Crippen MR) is 118 cm³/mol. The summed E-state index contributed by atoms with van der Waals surface area (Å²) in [4.78, 5) is 17.8. The molecule has 1 fully saturated rings. The molecular weight excluding hydrogens is 358 g/mol. The minimum atomic E-state index is 0.0857. The second-order valence-corrected chi connectivity index (χ2v) is 9.01. The maximum absolute atomic E-state index is 12.9. The van der Waals surface area contributed by atoms with Crippen molar-refractivity contribution < 1.29 is 4.79 Å². The highest BCUT2D eigenvalue weighted by atomic mass is 16.1. The number of rotatable bonds is 3. The molecule has 1 saturated heterocycles. The van der Waals surface area contributed by atoms with Crippen LogP contribution in [0.25, 0.3) is 0 Å². The van der Waals surface area contributed by atoms with Gasteiger partial charge in [0, 0.05) is 43.5 Å². The Morgan fingerprint density at radius 1 is 1.00 bits per heavy atom. The average molecular weight is 390 g/mol. The average Bonchev–Trinajstić information content (AvgIpc) is 3.18. The van der Waals surface area contributed by atoms with Crippen molar-refractivity contribution in [2.24, 2.45) is 0 Å². The molecule has 4 nitrogen and oxygen atoms in total. The number of carbonyl (C=O) groups excluding carboxylic acids is 1. The van der Waals surface area contributed by atoms with Crippen molar-refractivity contribution >= 4 is 11.6 Å². The SMILES string of the molecule is CN1CCCc2cc(C(=O)NC3CCCN(C4Cc5ccccc5C4)C3)ccc21. The molecule has 2 aliphatic heterocycles. The van der Waals surface area contributed by atoms with Crippen LogP contribution in [-0.4, -0.2) is 49.6 Å². The molecule has 1 atom stereocenters. The second kappa shape index (κ2) is 7.83. The molecule has 0 radical (unpaired) electrons. The van der Waals surface area contributed by atoms with Gasteiger partial charge < -0.3 is 10.2 Å². The first-order chi connectivity index (χ1) is 14.2. The van der Waals surface area contributed by atoms with E-state index >= 15 is 0 Å². The zero-order valence-corrected chi connectivity index (χ0v) is 17.4. The van der Waals surface area contributed by atoms with Crippen molar-refractivity contribution in [1.29, 1.82) is 0 Å². The third kappa shape index (κ3) is 3.78. The number of piperidine rings is 1. The van der Waals surface area contributed by atoms with Gasteiger partial charge in [-0.25, -0.2) is 0 Å². The first-order valence-corrected chi connectivity index (χ1v) is 11.1. The Labute approximate surface area is 173 Å². The van der Waals surface area contributed by atoms with Crippen molar-refractivity contribution in [2.75, 3.05) is 31.6 Å². The van der Waals surface area contributed by atoms with Gasteiger partial charge >= 0.3 is 0 Å². The molecule has 152 valence electrons. The normalized spacial score (nSPS) is 22.2.